The molecule has 1 aliphatic carbocycles. The van der Waals surface area contributed by atoms with Crippen LogP contribution in [0.15, 0.2) is 18.2 Å². The zero-order valence-electron chi connectivity index (χ0n) is 9.44. The highest BCUT2D eigenvalue weighted by atomic mass is 35.5. The van der Waals surface area contributed by atoms with Gasteiger partial charge in [-0.3, -0.25) is 0 Å². The number of aryl methyl sites for hydroxylation is 1. The van der Waals surface area contributed by atoms with E-state index in [-0.39, 0.29) is 12.8 Å². The van der Waals surface area contributed by atoms with Crippen molar-refractivity contribution in [3.8, 4) is 0 Å². The van der Waals surface area contributed by atoms with Gasteiger partial charge in [0.05, 0.1) is 5.92 Å². The monoisotopic (exact) mass is 273 g/mol. The summed E-state index contributed by atoms with van der Waals surface area (Å²) in [5.74, 6) is -1.23. The number of H-pyrrole nitrogens is 1. The summed E-state index contributed by atoms with van der Waals surface area (Å²) in [5, 5.41) is 1.38. The SMILES string of the molecule is FC(F)(F)C1CCc2[nH]c3ccc(Cl)cc3c2C1. The molecule has 0 radical (unpaired) electrons. The number of rotatable bonds is 0. The number of hydrogen-bond acceptors (Lipinski definition) is 0. The number of hydrogen-bond donors (Lipinski definition) is 1. The Morgan fingerprint density at radius 2 is 2.06 bits per heavy atom. The summed E-state index contributed by atoms with van der Waals surface area (Å²) in [6.07, 6.45) is -3.44. The van der Waals surface area contributed by atoms with E-state index in [4.69, 9.17) is 11.6 Å². The molecule has 1 atom stereocenters. The van der Waals surface area contributed by atoms with Crippen LogP contribution in [0.25, 0.3) is 10.9 Å². The molecule has 3 rings (SSSR count). The molecule has 2 aromatic rings. The van der Waals surface area contributed by atoms with Gasteiger partial charge in [0.15, 0.2) is 0 Å². The Hall–Kier alpha value is -1.16. The van der Waals surface area contributed by atoms with Gasteiger partial charge >= 0.3 is 6.18 Å². The third-order valence-electron chi connectivity index (χ3n) is 3.61. The van der Waals surface area contributed by atoms with Crippen molar-refractivity contribution in [2.75, 3.05) is 0 Å². The summed E-state index contributed by atoms with van der Waals surface area (Å²) >= 11 is 5.91. The van der Waals surface area contributed by atoms with Crippen LogP contribution in [0.5, 0.6) is 0 Å². The van der Waals surface area contributed by atoms with E-state index in [0.29, 0.717) is 11.4 Å². The first-order chi connectivity index (χ1) is 8.45. The quantitative estimate of drug-likeness (QED) is 0.728. The summed E-state index contributed by atoms with van der Waals surface area (Å²) < 4.78 is 38.4. The van der Waals surface area contributed by atoms with Crippen LogP contribution < -0.4 is 0 Å². The van der Waals surface area contributed by atoms with E-state index >= 15 is 0 Å². The fourth-order valence-corrected chi connectivity index (χ4v) is 2.84. The van der Waals surface area contributed by atoms with Crippen molar-refractivity contribution in [2.45, 2.75) is 25.4 Å². The minimum Gasteiger partial charge on any atom is -0.358 e. The molecule has 1 heterocycles. The normalized spacial score (nSPS) is 20.1. The zero-order valence-corrected chi connectivity index (χ0v) is 10.2. The van der Waals surface area contributed by atoms with Crippen LogP contribution in [0, 0.1) is 5.92 Å². The fraction of sp³-hybridized carbons (Fsp3) is 0.385. The van der Waals surface area contributed by atoms with Gasteiger partial charge in [0.2, 0.25) is 0 Å². The van der Waals surface area contributed by atoms with Crippen molar-refractivity contribution in [2.24, 2.45) is 5.92 Å². The van der Waals surface area contributed by atoms with Gasteiger partial charge in [0, 0.05) is 21.6 Å². The molecule has 1 aliphatic rings. The first kappa shape index (κ1) is 11.9. The zero-order chi connectivity index (χ0) is 12.9. The minimum absolute atomic E-state index is 0.0547. The molecule has 0 amide bonds. The Morgan fingerprint density at radius 3 is 2.78 bits per heavy atom. The summed E-state index contributed by atoms with van der Waals surface area (Å²) in [6.45, 7) is 0. The smallest absolute Gasteiger partial charge is 0.358 e. The third-order valence-corrected chi connectivity index (χ3v) is 3.85. The number of alkyl halides is 3. The van der Waals surface area contributed by atoms with E-state index in [9.17, 15) is 13.2 Å². The van der Waals surface area contributed by atoms with Crippen LogP contribution in [0.2, 0.25) is 5.02 Å². The molecular weight excluding hydrogens is 263 g/mol. The summed E-state index contributed by atoms with van der Waals surface area (Å²) in [4.78, 5) is 3.19. The van der Waals surface area contributed by atoms with Gasteiger partial charge < -0.3 is 4.98 Å². The predicted octanol–water partition coefficient (Wildman–Crippen LogP) is 4.49. The Morgan fingerprint density at radius 1 is 1.28 bits per heavy atom. The molecule has 18 heavy (non-hydrogen) atoms. The molecule has 0 bridgehead atoms. The van der Waals surface area contributed by atoms with Gasteiger partial charge in [-0.2, -0.15) is 13.2 Å². The lowest BCUT2D eigenvalue weighted by molar-refractivity contribution is -0.177. The highest BCUT2D eigenvalue weighted by Crippen LogP contribution is 2.39. The van der Waals surface area contributed by atoms with Crippen molar-refractivity contribution in [1.29, 1.82) is 0 Å². The molecule has 1 N–H and O–H groups in total. The van der Waals surface area contributed by atoms with Crippen LogP contribution in [-0.2, 0) is 12.8 Å². The van der Waals surface area contributed by atoms with Crippen LogP contribution in [0.1, 0.15) is 17.7 Å². The molecule has 0 saturated heterocycles. The highest BCUT2D eigenvalue weighted by Gasteiger charge is 2.41. The Balaban J connectivity index is 2.08. The maximum atomic E-state index is 12.8. The Labute approximate surface area is 107 Å². The van der Waals surface area contributed by atoms with Crippen molar-refractivity contribution in [3.63, 3.8) is 0 Å². The molecule has 1 aromatic carbocycles. The average molecular weight is 274 g/mol. The highest BCUT2D eigenvalue weighted by molar-refractivity contribution is 6.31. The summed E-state index contributed by atoms with van der Waals surface area (Å²) in [7, 11) is 0. The standard InChI is InChI=1S/C13H11ClF3N/c14-8-2-4-12-10(6-8)9-5-7(13(15,16)17)1-3-11(9)18-12/h2,4,6-7,18H,1,3,5H2. The summed E-state index contributed by atoms with van der Waals surface area (Å²) in [6, 6.07) is 5.30. The second-order valence-electron chi connectivity index (χ2n) is 4.75. The molecule has 0 fully saturated rings. The molecule has 1 nitrogen and oxygen atoms in total. The lowest BCUT2D eigenvalue weighted by Crippen LogP contribution is -2.28. The van der Waals surface area contributed by atoms with E-state index in [0.717, 1.165) is 22.2 Å². The van der Waals surface area contributed by atoms with Crippen molar-refractivity contribution in [3.05, 3.63) is 34.5 Å². The maximum Gasteiger partial charge on any atom is 0.392 e. The van der Waals surface area contributed by atoms with Gasteiger partial charge in [-0.05, 0) is 43.0 Å². The Bertz CT molecular complexity index is 600. The average Bonchev–Trinajstić information content (AvgIpc) is 2.65. The molecule has 0 saturated carbocycles. The van der Waals surface area contributed by atoms with E-state index in [2.05, 4.69) is 4.98 Å². The van der Waals surface area contributed by atoms with E-state index in [1.165, 1.54) is 0 Å². The van der Waals surface area contributed by atoms with Crippen LogP contribution >= 0.6 is 11.6 Å². The fourth-order valence-electron chi connectivity index (χ4n) is 2.67. The molecule has 96 valence electrons. The first-order valence-electron chi connectivity index (χ1n) is 5.81. The van der Waals surface area contributed by atoms with Gasteiger partial charge in [-0.15, -0.1) is 0 Å². The Kier molecular flexibility index (Phi) is 2.59. The molecule has 0 aliphatic heterocycles. The van der Waals surface area contributed by atoms with Gasteiger partial charge in [-0.25, -0.2) is 0 Å². The number of halogens is 4. The topological polar surface area (TPSA) is 15.8 Å². The number of aromatic nitrogens is 1. The van der Waals surface area contributed by atoms with Gasteiger partial charge in [0.1, 0.15) is 0 Å². The van der Waals surface area contributed by atoms with Crippen LogP contribution in [0.3, 0.4) is 0 Å². The second kappa shape index (κ2) is 3.92. The van der Waals surface area contributed by atoms with Gasteiger partial charge in [-0.1, -0.05) is 11.6 Å². The van der Waals surface area contributed by atoms with E-state index < -0.39 is 12.1 Å². The second-order valence-corrected chi connectivity index (χ2v) is 5.19. The molecular formula is C13H11ClF3N. The number of benzene rings is 1. The van der Waals surface area contributed by atoms with Crippen molar-refractivity contribution in [1.82, 2.24) is 4.98 Å². The lowest BCUT2D eigenvalue weighted by atomic mass is 9.86. The van der Waals surface area contributed by atoms with E-state index in [1.807, 2.05) is 6.07 Å². The molecule has 1 unspecified atom stereocenters. The predicted molar refractivity (Wildman–Crippen MR) is 64.9 cm³/mol. The lowest BCUT2D eigenvalue weighted by Gasteiger charge is -2.24. The molecule has 5 heteroatoms. The van der Waals surface area contributed by atoms with Gasteiger partial charge in [0.25, 0.3) is 0 Å². The van der Waals surface area contributed by atoms with Crippen LogP contribution in [-0.4, -0.2) is 11.2 Å². The maximum absolute atomic E-state index is 12.8. The molecule has 0 spiro atoms. The molecule has 1 aromatic heterocycles. The minimum atomic E-state index is -4.11. The van der Waals surface area contributed by atoms with E-state index in [1.54, 1.807) is 12.1 Å². The summed E-state index contributed by atoms with van der Waals surface area (Å²) in [5.41, 5.74) is 2.57. The van der Waals surface area contributed by atoms with Crippen LogP contribution in [0.4, 0.5) is 13.2 Å². The number of fused-ring (bicyclic) bond motifs is 3. The van der Waals surface area contributed by atoms with Crippen molar-refractivity contribution >= 4 is 22.5 Å². The third kappa shape index (κ3) is 1.88. The largest absolute Gasteiger partial charge is 0.392 e. The number of aromatic amines is 1. The number of nitrogens with one attached hydrogen (secondary N) is 1. The van der Waals surface area contributed by atoms with Crippen molar-refractivity contribution < 1.29 is 13.2 Å². The first-order valence-corrected chi connectivity index (χ1v) is 6.18.